The highest BCUT2D eigenvalue weighted by molar-refractivity contribution is 9.10. The molecule has 1 N–H and O–H groups in total. The minimum atomic E-state index is -0.159. The van der Waals surface area contributed by atoms with E-state index in [4.69, 9.17) is 11.6 Å². The first-order chi connectivity index (χ1) is 7.06. The molecule has 0 heterocycles. The molecule has 1 atom stereocenters. The number of hydrogen-bond donors (Lipinski definition) is 1. The maximum atomic E-state index is 11.7. The Bertz CT molecular complexity index is 370. The third-order valence-electron chi connectivity index (χ3n) is 1.81. The maximum absolute atomic E-state index is 11.7. The van der Waals surface area contributed by atoms with Gasteiger partial charge in [-0.1, -0.05) is 33.6 Å². The second-order valence-corrected chi connectivity index (χ2v) is 5.01. The molecule has 0 radical (unpaired) electrons. The molecule has 1 amide bonds. The largest absolute Gasteiger partial charge is 0.349 e. The van der Waals surface area contributed by atoms with Gasteiger partial charge in [0.2, 0.25) is 0 Å². The van der Waals surface area contributed by atoms with Crippen LogP contribution in [0.3, 0.4) is 0 Å². The Hall–Kier alpha value is -0.0600. The molecule has 0 aliphatic rings. The van der Waals surface area contributed by atoms with E-state index in [-0.39, 0.29) is 11.9 Å². The Kier molecular flexibility index (Phi) is 5.09. The quantitative estimate of drug-likeness (QED) is 0.825. The van der Waals surface area contributed by atoms with E-state index >= 15 is 0 Å². The lowest BCUT2D eigenvalue weighted by molar-refractivity contribution is 0.0944. The number of amides is 1. The van der Waals surface area contributed by atoms with Crippen molar-refractivity contribution in [3.63, 3.8) is 0 Å². The summed E-state index contributed by atoms with van der Waals surface area (Å²) in [5, 5.41) is 3.98. The zero-order valence-corrected chi connectivity index (χ0v) is 12.0. The summed E-state index contributed by atoms with van der Waals surface area (Å²) >= 11 is 12.6. The Balaban J connectivity index is 2.87. The van der Waals surface area contributed by atoms with E-state index in [1.54, 1.807) is 18.2 Å². The molecule has 1 aromatic carbocycles. The lowest BCUT2D eigenvalue weighted by atomic mass is 10.2. The van der Waals surface area contributed by atoms with Gasteiger partial charge in [-0.3, -0.25) is 4.79 Å². The van der Waals surface area contributed by atoms with Gasteiger partial charge in [-0.05, 0) is 35.0 Å². The van der Waals surface area contributed by atoms with E-state index in [0.29, 0.717) is 15.9 Å². The Morgan fingerprint density at radius 3 is 2.87 bits per heavy atom. The lowest BCUT2D eigenvalue weighted by Crippen LogP contribution is -2.33. The van der Waals surface area contributed by atoms with Gasteiger partial charge in [0, 0.05) is 15.8 Å². The van der Waals surface area contributed by atoms with Gasteiger partial charge >= 0.3 is 0 Å². The Morgan fingerprint density at radius 2 is 2.27 bits per heavy atom. The van der Waals surface area contributed by atoms with Crippen molar-refractivity contribution >= 4 is 49.4 Å². The normalized spacial score (nSPS) is 12.3. The number of carbonyl (C=O) groups excluding carboxylic acids is 1. The molecule has 0 aromatic heterocycles. The lowest BCUT2D eigenvalue weighted by Gasteiger charge is -2.11. The zero-order chi connectivity index (χ0) is 11.4. The summed E-state index contributed by atoms with van der Waals surface area (Å²) < 4.78 is 0.725. The van der Waals surface area contributed by atoms with E-state index in [9.17, 15) is 4.79 Å². The summed E-state index contributed by atoms with van der Waals surface area (Å²) in [6, 6.07) is 5.35. The molecule has 0 spiro atoms. The first-order valence-corrected chi connectivity index (χ1v) is 6.66. The first-order valence-electron chi connectivity index (χ1n) is 4.37. The van der Waals surface area contributed by atoms with Crippen LogP contribution in [-0.4, -0.2) is 17.3 Å². The van der Waals surface area contributed by atoms with Crippen LogP contribution in [0.5, 0.6) is 0 Å². The molecule has 0 aliphatic heterocycles. The van der Waals surface area contributed by atoms with E-state index < -0.39 is 0 Å². The van der Waals surface area contributed by atoms with Crippen LogP contribution in [-0.2, 0) is 0 Å². The molecule has 1 rings (SSSR count). The van der Waals surface area contributed by atoms with Crippen LogP contribution in [0, 0.1) is 0 Å². The van der Waals surface area contributed by atoms with Crippen LogP contribution in [0.2, 0.25) is 5.02 Å². The fraction of sp³-hybridized carbons (Fsp3) is 0.300. The number of carbonyl (C=O) groups is 1. The van der Waals surface area contributed by atoms with Gasteiger partial charge in [-0.2, -0.15) is 0 Å². The van der Waals surface area contributed by atoms with Crippen molar-refractivity contribution in [3.8, 4) is 0 Å². The average molecular weight is 355 g/mol. The van der Waals surface area contributed by atoms with E-state index in [2.05, 4.69) is 37.2 Å². The third kappa shape index (κ3) is 3.47. The fourth-order valence-electron chi connectivity index (χ4n) is 1.02. The van der Waals surface area contributed by atoms with Crippen molar-refractivity contribution in [2.45, 2.75) is 13.0 Å². The molecule has 1 unspecified atom stereocenters. The molecular weight excluding hydrogens is 345 g/mol. The monoisotopic (exact) mass is 353 g/mol. The third-order valence-corrected chi connectivity index (χ3v) is 4.07. The van der Waals surface area contributed by atoms with Crippen molar-refractivity contribution in [1.82, 2.24) is 5.32 Å². The van der Waals surface area contributed by atoms with Crippen LogP contribution in [0.4, 0.5) is 0 Å². The average Bonchev–Trinajstić information content (AvgIpc) is 2.21. The Labute approximate surface area is 111 Å². The highest BCUT2D eigenvalue weighted by Crippen LogP contribution is 2.25. The number of halogens is 3. The molecule has 0 fully saturated rings. The minimum Gasteiger partial charge on any atom is -0.349 e. The van der Waals surface area contributed by atoms with Gasteiger partial charge in [0.15, 0.2) is 0 Å². The summed E-state index contributed by atoms with van der Waals surface area (Å²) in [6.45, 7) is 1.92. The summed E-state index contributed by atoms with van der Waals surface area (Å²) in [6.07, 6.45) is 0. The first kappa shape index (κ1) is 13.0. The molecule has 0 saturated heterocycles. The number of benzene rings is 1. The number of nitrogens with one attached hydrogen (secondary N) is 1. The standard InChI is InChI=1S/C10H10Br2ClNO/c1-6(5-11)14-10(15)7-3-2-4-8(12)9(7)13/h2-4,6H,5H2,1H3,(H,14,15). The molecular formula is C10H10Br2ClNO. The summed E-state index contributed by atoms with van der Waals surface area (Å²) in [5.41, 5.74) is 0.485. The number of rotatable bonds is 3. The number of hydrogen-bond acceptors (Lipinski definition) is 1. The molecule has 15 heavy (non-hydrogen) atoms. The number of alkyl halides is 1. The maximum Gasteiger partial charge on any atom is 0.253 e. The van der Waals surface area contributed by atoms with Crippen LogP contribution in [0.1, 0.15) is 17.3 Å². The predicted molar refractivity (Wildman–Crippen MR) is 69.9 cm³/mol. The minimum absolute atomic E-state index is 0.0764. The molecule has 2 nitrogen and oxygen atoms in total. The van der Waals surface area contributed by atoms with Gasteiger partial charge in [-0.15, -0.1) is 0 Å². The molecule has 82 valence electrons. The molecule has 0 saturated carbocycles. The van der Waals surface area contributed by atoms with Crippen LogP contribution < -0.4 is 5.32 Å². The second-order valence-electron chi connectivity index (χ2n) is 3.13. The molecule has 1 aromatic rings. The van der Waals surface area contributed by atoms with Crippen molar-refractivity contribution < 1.29 is 4.79 Å². The summed E-state index contributed by atoms with van der Waals surface area (Å²) in [5.74, 6) is -0.159. The Morgan fingerprint density at radius 1 is 1.60 bits per heavy atom. The van der Waals surface area contributed by atoms with Gasteiger partial charge in [0.05, 0.1) is 10.6 Å². The fourth-order valence-corrected chi connectivity index (χ4v) is 1.76. The summed E-state index contributed by atoms with van der Waals surface area (Å²) in [4.78, 5) is 11.7. The predicted octanol–water partition coefficient (Wildman–Crippen LogP) is 3.62. The molecule has 5 heteroatoms. The summed E-state index contributed by atoms with van der Waals surface area (Å²) in [7, 11) is 0. The van der Waals surface area contributed by atoms with E-state index in [1.165, 1.54) is 0 Å². The van der Waals surface area contributed by atoms with Crippen molar-refractivity contribution in [3.05, 3.63) is 33.3 Å². The highest BCUT2D eigenvalue weighted by Gasteiger charge is 2.13. The van der Waals surface area contributed by atoms with Crippen molar-refractivity contribution in [2.75, 3.05) is 5.33 Å². The smallest absolute Gasteiger partial charge is 0.253 e. The van der Waals surface area contributed by atoms with Gasteiger partial charge in [0.1, 0.15) is 0 Å². The van der Waals surface area contributed by atoms with E-state index in [0.717, 1.165) is 4.47 Å². The second kappa shape index (κ2) is 5.87. The SMILES string of the molecule is CC(CBr)NC(=O)c1cccc(Br)c1Cl. The van der Waals surface area contributed by atoms with Crippen LogP contribution >= 0.6 is 43.5 Å². The van der Waals surface area contributed by atoms with Crippen LogP contribution in [0.15, 0.2) is 22.7 Å². The van der Waals surface area contributed by atoms with Gasteiger partial charge in [-0.25, -0.2) is 0 Å². The molecule has 0 bridgehead atoms. The van der Waals surface area contributed by atoms with Gasteiger partial charge in [0.25, 0.3) is 5.91 Å². The highest BCUT2D eigenvalue weighted by atomic mass is 79.9. The van der Waals surface area contributed by atoms with Crippen LogP contribution in [0.25, 0.3) is 0 Å². The van der Waals surface area contributed by atoms with Crippen molar-refractivity contribution in [2.24, 2.45) is 0 Å². The topological polar surface area (TPSA) is 29.1 Å². The van der Waals surface area contributed by atoms with Crippen molar-refractivity contribution in [1.29, 1.82) is 0 Å². The van der Waals surface area contributed by atoms with E-state index in [1.807, 2.05) is 6.92 Å². The molecule has 0 aliphatic carbocycles. The van der Waals surface area contributed by atoms with Gasteiger partial charge < -0.3 is 5.32 Å². The zero-order valence-electron chi connectivity index (χ0n) is 8.06.